The topological polar surface area (TPSA) is 39.2 Å². The number of aryl methyl sites for hydroxylation is 1. The number of ketones is 1. The zero-order valence-electron chi connectivity index (χ0n) is 10.8. The smallest absolute Gasteiger partial charge is 0.172 e. The van der Waals surface area contributed by atoms with Crippen molar-refractivity contribution in [3.8, 4) is 5.75 Å². The minimum absolute atomic E-state index is 0.00618. The first-order valence-electron chi connectivity index (χ1n) is 5.88. The van der Waals surface area contributed by atoms with Gasteiger partial charge in [0.25, 0.3) is 0 Å². The molecule has 0 N–H and O–H groups in total. The van der Waals surface area contributed by atoms with Crippen LogP contribution < -0.4 is 4.74 Å². The number of carbonyl (C=O) groups excluding carboxylic acids is 1. The van der Waals surface area contributed by atoms with Gasteiger partial charge < -0.3 is 4.74 Å². The van der Waals surface area contributed by atoms with Gasteiger partial charge in [0.1, 0.15) is 5.75 Å². The summed E-state index contributed by atoms with van der Waals surface area (Å²) in [5.74, 6) is 0.619. The van der Waals surface area contributed by atoms with E-state index >= 15 is 0 Å². The number of pyridine rings is 1. The Morgan fingerprint density at radius 3 is 2.74 bits per heavy atom. The molecule has 0 fully saturated rings. The average molecular weight is 320 g/mol. The van der Waals surface area contributed by atoms with E-state index in [0.29, 0.717) is 11.3 Å². The molecule has 1 aromatic carbocycles. The summed E-state index contributed by atoms with van der Waals surface area (Å²) in [5.41, 5.74) is 2.41. The van der Waals surface area contributed by atoms with E-state index in [-0.39, 0.29) is 12.2 Å². The van der Waals surface area contributed by atoms with Crippen LogP contribution in [0.25, 0.3) is 0 Å². The molecule has 2 aromatic rings. The number of rotatable bonds is 4. The third-order valence-electron chi connectivity index (χ3n) is 2.79. The quantitative estimate of drug-likeness (QED) is 0.808. The molecule has 0 aliphatic heterocycles. The zero-order chi connectivity index (χ0) is 13.8. The van der Waals surface area contributed by atoms with Crippen molar-refractivity contribution in [3.63, 3.8) is 0 Å². The van der Waals surface area contributed by atoms with E-state index in [0.717, 1.165) is 15.7 Å². The third-order valence-corrected chi connectivity index (χ3v) is 3.26. The number of benzene rings is 1. The minimum atomic E-state index is 0.00618. The van der Waals surface area contributed by atoms with Crippen molar-refractivity contribution in [3.05, 3.63) is 57.8 Å². The number of Topliss-reactive ketones (excluding diaryl/α,β-unsaturated/α-hetero) is 1. The van der Waals surface area contributed by atoms with Gasteiger partial charge in [-0.1, -0.05) is 6.07 Å². The van der Waals surface area contributed by atoms with Crippen LogP contribution in [0.5, 0.6) is 5.75 Å². The van der Waals surface area contributed by atoms with E-state index in [1.165, 1.54) is 0 Å². The van der Waals surface area contributed by atoms with Crippen molar-refractivity contribution < 1.29 is 9.53 Å². The lowest BCUT2D eigenvalue weighted by Gasteiger charge is -2.08. The molecule has 0 aliphatic rings. The number of carbonyl (C=O) groups is 1. The van der Waals surface area contributed by atoms with Gasteiger partial charge in [0.2, 0.25) is 0 Å². The molecule has 1 heterocycles. The fraction of sp³-hybridized carbons (Fsp3) is 0.200. The van der Waals surface area contributed by atoms with Crippen LogP contribution in [0.2, 0.25) is 0 Å². The second-order valence-corrected chi connectivity index (χ2v) is 5.19. The summed E-state index contributed by atoms with van der Waals surface area (Å²) >= 11 is 3.32. The molecule has 19 heavy (non-hydrogen) atoms. The SMILES string of the molecule is COc1cc(C)ccc1C(=O)Cc1ccc(Br)cn1. The largest absolute Gasteiger partial charge is 0.496 e. The Bertz CT molecular complexity index is 594. The van der Waals surface area contributed by atoms with Crippen molar-refractivity contribution in [2.45, 2.75) is 13.3 Å². The van der Waals surface area contributed by atoms with Crippen LogP contribution in [-0.4, -0.2) is 17.9 Å². The molecular weight excluding hydrogens is 306 g/mol. The molecule has 0 unspecified atom stereocenters. The van der Waals surface area contributed by atoms with Gasteiger partial charge in [-0.2, -0.15) is 0 Å². The molecule has 98 valence electrons. The molecule has 0 spiro atoms. The van der Waals surface area contributed by atoms with E-state index in [4.69, 9.17) is 4.74 Å². The molecule has 2 rings (SSSR count). The molecule has 4 heteroatoms. The third kappa shape index (κ3) is 3.41. The molecule has 0 atom stereocenters. The van der Waals surface area contributed by atoms with Crippen LogP contribution >= 0.6 is 15.9 Å². The number of hydrogen-bond donors (Lipinski definition) is 0. The predicted molar refractivity (Wildman–Crippen MR) is 77.7 cm³/mol. The lowest BCUT2D eigenvalue weighted by Crippen LogP contribution is -2.07. The molecule has 0 aliphatic carbocycles. The van der Waals surface area contributed by atoms with Crippen LogP contribution in [0, 0.1) is 6.92 Å². The summed E-state index contributed by atoms with van der Waals surface area (Å²) in [7, 11) is 1.57. The highest BCUT2D eigenvalue weighted by Gasteiger charge is 2.13. The molecular formula is C15H14BrNO2. The first-order valence-corrected chi connectivity index (χ1v) is 6.67. The highest BCUT2D eigenvalue weighted by atomic mass is 79.9. The summed E-state index contributed by atoms with van der Waals surface area (Å²) in [6.07, 6.45) is 1.96. The van der Waals surface area contributed by atoms with E-state index < -0.39 is 0 Å². The Balaban J connectivity index is 2.22. The fourth-order valence-corrected chi connectivity index (χ4v) is 2.03. The minimum Gasteiger partial charge on any atom is -0.496 e. The van der Waals surface area contributed by atoms with E-state index in [1.54, 1.807) is 19.4 Å². The molecule has 0 radical (unpaired) electrons. The zero-order valence-corrected chi connectivity index (χ0v) is 12.4. The highest BCUT2D eigenvalue weighted by Crippen LogP contribution is 2.21. The van der Waals surface area contributed by atoms with Crippen LogP contribution in [0.3, 0.4) is 0 Å². The Kier molecular flexibility index (Phi) is 4.32. The number of methoxy groups -OCH3 is 1. The van der Waals surface area contributed by atoms with Crippen molar-refractivity contribution in [2.75, 3.05) is 7.11 Å². The van der Waals surface area contributed by atoms with Crippen LogP contribution in [0.1, 0.15) is 21.6 Å². The first-order chi connectivity index (χ1) is 9.10. The first kappa shape index (κ1) is 13.7. The fourth-order valence-electron chi connectivity index (χ4n) is 1.80. The predicted octanol–water partition coefficient (Wildman–Crippen LogP) is 3.59. The second-order valence-electron chi connectivity index (χ2n) is 4.27. The van der Waals surface area contributed by atoms with Crippen LogP contribution in [0.4, 0.5) is 0 Å². The summed E-state index contributed by atoms with van der Waals surface area (Å²) in [6, 6.07) is 9.28. The van der Waals surface area contributed by atoms with Gasteiger partial charge in [-0.25, -0.2) is 0 Å². The van der Waals surface area contributed by atoms with Gasteiger partial charge >= 0.3 is 0 Å². The lowest BCUT2D eigenvalue weighted by atomic mass is 10.0. The molecule has 0 bridgehead atoms. The molecule has 3 nitrogen and oxygen atoms in total. The van der Waals surface area contributed by atoms with E-state index in [1.807, 2.05) is 31.2 Å². The summed E-state index contributed by atoms with van der Waals surface area (Å²) < 4.78 is 6.16. The van der Waals surface area contributed by atoms with Gasteiger partial charge in [0.05, 0.1) is 19.1 Å². The number of hydrogen-bond acceptors (Lipinski definition) is 3. The van der Waals surface area contributed by atoms with E-state index in [9.17, 15) is 4.79 Å². The molecule has 0 saturated carbocycles. The maximum Gasteiger partial charge on any atom is 0.172 e. The average Bonchev–Trinajstić information content (AvgIpc) is 2.41. The molecule has 0 saturated heterocycles. The normalized spacial score (nSPS) is 10.3. The Morgan fingerprint density at radius 2 is 2.11 bits per heavy atom. The van der Waals surface area contributed by atoms with E-state index in [2.05, 4.69) is 20.9 Å². The van der Waals surface area contributed by atoms with Crippen LogP contribution in [-0.2, 0) is 6.42 Å². The van der Waals surface area contributed by atoms with Gasteiger partial charge in [0, 0.05) is 16.4 Å². The maximum absolute atomic E-state index is 12.3. The number of ether oxygens (including phenoxy) is 1. The number of nitrogens with zero attached hydrogens (tertiary/aromatic N) is 1. The van der Waals surface area contributed by atoms with Gasteiger partial charge in [-0.3, -0.25) is 9.78 Å². The Morgan fingerprint density at radius 1 is 1.32 bits per heavy atom. The Hall–Kier alpha value is -1.68. The second kappa shape index (κ2) is 5.97. The standard InChI is InChI=1S/C15H14BrNO2/c1-10-3-6-13(15(7-10)19-2)14(18)8-12-5-4-11(16)9-17-12/h3-7,9H,8H2,1-2H3. The van der Waals surface area contributed by atoms with Crippen molar-refractivity contribution >= 4 is 21.7 Å². The summed E-state index contributed by atoms with van der Waals surface area (Å²) in [5, 5.41) is 0. The van der Waals surface area contributed by atoms with Gasteiger partial charge in [0.15, 0.2) is 5.78 Å². The van der Waals surface area contributed by atoms with Gasteiger partial charge in [-0.15, -0.1) is 0 Å². The summed E-state index contributed by atoms with van der Waals surface area (Å²) in [4.78, 5) is 16.5. The number of halogens is 1. The van der Waals surface area contributed by atoms with Crippen molar-refractivity contribution in [1.82, 2.24) is 4.98 Å². The molecule has 0 amide bonds. The molecule has 1 aromatic heterocycles. The van der Waals surface area contributed by atoms with Crippen molar-refractivity contribution in [1.29, 1.82) is 0 Å². The van der Waals surface area contributed by atoms with Crippen LogP contribution in [0.15, 0.2) is 41.0 Å². The maximum atomic E-state index is 12.3. The summed E-state index contributed by atoms with van der Waals surface area (Å²) in [6.45, 7) is 1.97. The number of aromatic nitrogens is 1. The van der Waals surface area contributed by atoms with Crippen molar-refractivity contribution in [2.24, 2.45) is 0 Å². The lowest BCUT2D eigenvalue weighted by molar-refractivity contribution is 0.0989. The monoisotopic (exact) mass is 319 g/mol. The Labute approximate surface area is 120 Å². The highest BCUT2D eigenvalue weighted by molar-refractivity contribution is 9.10. The van der Waals surface area contributed by atoms with Gasteiger partial charge in [-0.05, 0) is 52.7 Å².